The normalized spacial score (nSPS) is 14.6. The Labute approximate surface area is 198 Å². The molecule has 0 aromatic heterocycles. The van der Waals surface area contributed by atoms with Crippen molar-refractivity contribution in [2.75, 3.05) is 44.2 Å². The van der Waals surface area contributed by atoms with Crippen LogP contribution in [0.2, 0.25) is 5.02 Å². The quantitative estimate of drug-likeness (QED) is 0.548. The number of anilines is 1. The Hall–Kier alpha value is -2.49. The maximum atomic E-state index is 14.5. The summed E-state index contributed by atoms with van der Waals surface area (Å²) in [4.78, 5) is 27.9. The van der Waals surface area contributed by atoms with Crippen molar-refractivity contribution >= 4 is 39.0 Å². The van der Waals surface area contributed by atoms with Crippen molar-refractivity contribution in [2.24, 2.45) is 0 Å². The second-order valence-electron chi connectivity index (χ2n) is 7.74. The van der Waals surface area contributed by atoms with Gasteiger partial charge >= 0.3 is 0 Å². The molecule has 7 nitrogen and oxygen atoms in total. The highest BCUT2D eigenvalue weighted by Crippen LogP contribution is 2.27. The van der Waals surface area contributed by atoms with Gasteiger partial charge in [0.25, 0.3) is 5.91 Å². The first-order valence-corrected chi connectivity index (χ1v) is 12.6. The third-order valence-corrected chi connectivity index (χ3v) is 8.29. The first kappa shape index (κ1) is 25.1. The van der Waals surface area contributed by atoms with E-state index in [-0.39, 0.29) is 27.2 Å². The van der Waals surface area contributed by atoms with E-state index in [0.29, 0.717) is 50.5 Å². The fourth-order valence-corrected chi connectivity index (χ4v) is 5.81. The summed E-state index contributed by atoms with van der Waals surface area (Å²) in [5, 5.41) is 0.0627. The van der Waals surface area contributed by atoms with E-state index in [1.807, 2.05) is 4.90 Å². The fraction of sp³-hybridized carbons (Fsp3) is 0.391. The van der Waals surface area contributed by atoms with Gasteiger partial charge in [-0.15, -0.1) is 0 Å². The van der Waals surface area contributed by atoms with Crippen molar-refractivity contribution in [1.29, 1.82) is 0 Å². The number of benzene rings is 2. The zero-order chi connectivity index (χ0) is 24.3. The molecule has 0 radical (unpaired) electrons. The van der Waals surface area contributed by atoms with E-state index in [4.69, 9.17) is 11.6 Å². The number of nitrogens with zero attached hydrogens (tertiary/aromatic N) is 3. The molecule has 0 N–H and O–H groups in total. The van der Waals surface area contributed by atoms with Crippen LogP contribution in [0, 0.1) is 5.82 Å². The van der Waals surface area contributed by atoms with Crippen LogP contribution in [0.4, 0.5) is 10.1 Å². The van der Waals surface area contributed by atoms with Gasteiger partial charge in [-0.05, 0) is 43.3 Å². The van der Waals surface area contributed by atoms with Crippen LogP contribution in [0.5, 0.6) is 0 Å². The van der Waals surface area contributed by atoms with Crippen LogP contribution >= 0.6 is 11.6 Å². The molecule has 2 aromatic rings. The lowest BCUT2D eigenvalue weighted by Gasteiger charge is -2.36. The van der Waals surface area contributed by atoms with Gasteiger partial charge in [-0.3, -0.25) is 9.59 Å². The smallest absolute Gasteiger partial charge is 0.254 e. The number of halogens is 2. The zero-order valence-corrected chi connectivity index (χ0v) is 20.4. The van der Waals surface area contributed by atoms with Gasteiger partial charge in [0, 0.05) is 50.4 Å². The number of Topliss-reactive ketones (excluding diaryl/α,β-unsaturated/α-hetero) is 1. The molecule has 0 spiro atoms. The summed E-state index contributed by atoms with van der Waals surface area (Å²) in [6, 6.07) is 8.65. The van der Waals surface area contributed by atoms with Crippen molar-refractivity contribution in [3.05, 3.63) is 58.4 Å². The molecule has 178 valence electrons. The average molecular weight is 496 g/mol. The average Bonchev–Trinajstić information content (AvgIpc) is 2.79. The zero-order valence-electron chi connectivity index (χ0n) is 18.8. The van der Waals surface area contributed by atoms with Crippen molar-refractivity contribution in [1.82, 2.24) is 9.21 Å². The molecule has 1 heterocycles. The maximum absolute atomic E-state index is 14.5. The van der Waals surface area contributed by atoms with Gasteiger partial charge in [0.1, 0.15) is 10.7 Å². The van der Waals surface area contributed by atoms with E-state index in [1.54, 1.807) is 30.9 Å². The Morgan fingerprint density at radius 3 is 2.15 bits per heavy atom. The molecule has 2 aromatic carbocycles. The lowest BCUT2D eigenvalue weighted by Crippen LogP contribution is -2.49. The van der Waals surface area contributed by atoms with E-state index in [0.717, 1.165) is 0 Å². The third kappa shape index (κ3) is 5.20. The summed E-state index contributed by atoms with van der Waals surface area (Å²) in [7, 11) is -3.82. The molecule has 0 atom stereocenters. The second kappa shape index (κ2) is 10.2. The molecular formula is C23H27ClFN3O4S. The number of hydrogen-bond donors (Lipinski definition) is 0. The summed E-state index contributed by atoms with van der Waals surface area (Å²) in [5.41, 5.74) is 0.921. The minimum absolute atomic E-state index is 0.0627. The minimum atomic E-state index is -3.82. The van der Waals surface area contributed by atoms with Gasteiger partial charge in [-0.1, -0.05) is 25.4 Å². The third-order valence-electron chi connectivity index (χ3n) is 5.76. The number of carbonyl (C=O) groups is 2. The predicted molar refractivity (Wildman–Crippen MR) is 126 cm³/mol. The first-order chi connectivity index (χ1) is 15.6. The predicted octanol–water partition coefficient (Wildman–Crippen LogP) is 3.67. The molecule has 33 heavy (non-hydrogen) atoms. The van der Waals surface area contributed by atoms with Gasteiger partial charge in [0.05, 0.1) is 10.7 Å². The van der Waals surface area contributed by atoms with Crippen molar-refractivity contribution < 1.29 is 22.4 Å². The van der Waals surface area contributed by atoms with Gasteiger partial charge in [-0.2, -0.15) is 4.31 Å². The highest BCUT2D eigenvalue weighted by molar-refractivity contribution is 7.89. The van der Waals surface area contributed by atoms with Gasteiger partial charge < -0.3 is 9.80 Å². The van der Waals surface area contributed by atoms with Crippen molar-refractivity contribution in [3.8, 4) is 0 Å². The monoisotopic (exact) mass is 495 g/mol. The molecule has 0 aliphatic carbocycles. The summed E-state index contributed by atoms with van der Waals surface area (Å²) < 4.78 is 41.6. The van der Waals surface area contributed by atoms with E-state index in [1.165, 1.54) is 35.5 Å². The Balaban J connectivity index is 1.76. The van der Waals surface area contributed by atoms with Gasteiger partial charge in [0.2, 0.25) is 10.0 Å². The molecule has 1 amide bonds. The number of sulfonamides is 1. The van der Waals surface area contributed by atoms with E-state index in [2.05, 4.69) is 0 Å². The van der Waals surface area contributed by atoms with Crippen LogP contribution in [0.3, 0.4) is 0 Å². The minimum Gasteiger partial charge on any atom is -0.366 e. The molecule has 10 heteroatoms. The molecule has 0 saturated carbocycles. The molecule has 1 saturated heterocycles. The Kier molecular flexibility index (Phi) is 7.76. The first-order valence-electron chi connectivity index (χ1n) is 10.7. The number of amides is 1. The lowest BCUT2D eigenvalue weighted by molar-refractivity contribution is 0.0746. The number of ketones is 1. The van der Waals surface area contributed by atoms with Crippen LogP contribution in [-0.2, 0) is 10.0 Å². The topological polar surface area (TPSA) is 78.0 Å². The van der Waals surface area contributed by atoms with Crippen LogP contribution in [0.15, 0.2) is 41.3 Å². The Morgan fingerprint density at radius 1 is 1.00 bits per heavy atom. The number of piperazine rings is 1. The summed E-state index contributed by atoms with van der Waals surface area (Å²) >= 11 is 6.17. The molecule has 1 aliphatic heterocycles. The van der Waals surface area contributed by atoms with Gasteiger partial charge in [-0.25, -0.2) is 12.8 Å². The standard InChI is InChI=1S/C23H27ClFN3O4S/c1-4-28(5-2)33(31,32)22-15-18(6-8-19(22)24)23(30)27-12-10-26(11-13-27)21-9-7-17(16(3)29)14-20(21)25/h6-9,14-15H,4-5,10-13H2,1-3H3. The Morgan fingerprint density at radius 2 is 1.61 bits per heavy atom. The van der Waals surface area contributed by atoms with E-state index < -0.39 is 15.8 Å². The van der Waals surface area contributed by atoms with Crippen LogP contribution in [0.1, 0.15) is 41.5 Å². The number of rotatable bonds is 7. The molecular weight excluding hydrogens is 469 g/mol. The molecule has 0 unspecified atom stereocenters. The van der Waals surface area contributed by atoms with Crippen molar-refractivity contribution in [3.63, 3.8) is 0 Å². The highest BCUT2D eigenvalue weighted by atomic mass is 35.5. The summed E-state index contributed by atoms with van der Waals surface area (Å²) in [6.07, 6.45) is 0. The second-order valence-corrected chi connectivity index (χ2v) is 10.0. The van der Waals surface area contributed by atoms with Gasteiger partial charge in [0.15, 0.2) is 5.78 Å². The summed E-state index contributed by atoms with van der Waals surface area (Å²) in [5.74, 6) is -0.998. The maximum Gasteiger partial charge on any atom is 0.254 e. The number of carbonyl (C=O) groups excluding carboxylic acids is 2. The highest BCUT2D eigenvalue weighted by Gasteiger charge is 2.28. The lowest BCUT2D eigenvalue weighted by atomic mass is 10.1. The Bertz CT molecular complexity index is 1160. The van der Waals surface area contributed by atoms with Crippen LogP contribution in [0.25, 0.3) is 0 Å². The van der Waals surface area contributed by atoms with Crippen LogP contribution in [-0.4, -0.2) is 68.6 Å². The van der Waals surface area contributed by atoms with Crippen molar-refractivity contribution in [2.45, 2.75) is 25.7 Å². The SMILES string of the molecule is CCN(CC)S(=O)(=O)c1cc(C(=O)N2CCN(c3ccc(C(C)=O)cc3F)CC2)ccc1Cl. The fourth-order valence-electron chi connectivity index (χ4n) is 3.85. The molecule has 1 fully saturated rings. The van der Waals surface area contributed by atoms with Crippen LogP contribution < -0.4 is 4.90 Å². The van der Waals surface area contributed by atoms with E-state index >= 15 is 0 Å². The summed E-state index contributed by atoms with van der Waals surface area (Å²) in [6.45, 7) is 6.92. The number of hydrogen-bond acceptors (Lipinski definition) is 5. The molecule has 3 rings (SSSR count). The molecule has 1 aliphatic rings. The largest absolute Gasteiger partial charge is 0.366 e. The molecule has 0 bridgehead atoms. The van der Waals surface area contributed by atoms with E-state index in [9.17, 15) is 22.4 Å².